The fraction of sp³-hybridized carbons (Fsp3) is 0.217. The third-order valence-corrected chi connectivity index (χ3v) is 18.0. The van der Waals surface area contributed by atoms with E-state index in [1.165, 1.54) is 66.3 Å². The number of hydrogen-bond acceptors (Lipinski definition) is 9. The molecule has 0 unspecified atom stereocenters. The normalized spacial score (nSPS) is 15.5. The molecule has 1 saturated heterocycles. The Balaban J connectivity index is 0.000000168. The van der Waals surface area contributed by atoms with E-state index in [9.17, 15) is 36.3 Å². The number of carbonyl (C=O) groups excluding carboxylic acids is 3. The highest BCUT2D eigenvalue weighted by atomic mass is 35.5. The topological polar surface area (TPSA) is 124 Å². The molecule has 2 fully saturated rings. The van der Waals surface area contributed by atoms with Crippen molar-refractivity contribution in [3.63, 3.8) is 0 Å². The zero-order valence-corrected chi connectivity index (χ0v) is 50.6. The van der Waals surface area contributed by atoms with E-state index in [1.807, 2.05) is 46.2 Å². The molecular weight excluding hydrogens is 1210 g/mol. The average molecular weight is 1270 g/mol. The Labute approximate surface area is 526 Å². The minimum atomic E-state index is -5.08. The van der Waals surface area contributed by atoms with Crippen LogP contribution in [0.2, 0.25) is 10.3 Å². The molecule has 10 nitrogen and oxygen atoms in total. The minimum absolute atomic E-state index is 0.000561. The first-order chi connectivity index (χ1) is 42.4. The predicted molar refractivity (Wildman–Crippen MR) is 339 cm³/mol. The zero-order chi connectivity index (χ0) is 62.3. The van der Waals surface area contributed by atoms with E-state index in [2.05, 4.69) is 87.7 Å². The highest BCUT2D eigenvalue weighted by Crippen LogP contribution is 2.52. The maximum Gasteiger partial charge on any atom is 0.490 e. The number of anilines is 2. The first-order valence-electron chi connectivity index (χ1n) is 28.3. The average Bonchev–Trinajstić information content (AvgIpc) is 1.78. The highest BCUT2D eigenvalue weighted by Gasteiger charge is 2.48. The van der Waals surface area contributed by atoms with E-state index >= 15 is 0 Å². The Bertz CT molecular complexity index is 3770. The van der Waals surface area contributed by atoms with Gasteiger partial charge in [-0.15, -0.1) is 0 Å². The second-order valence-corrected chi connectivity index (χ2v) is 24.5. The molecule has 3 aliphatic heterocycles. The number of allylic oxidation sites excluding steroid dienone is 1. The zero-order valence-electron chi connectivity index (χ0n) is 47.5. The highest BCUT2D eigenvalue weighted by molar-refractivity contribution is 7.99. The molecule has 88 heavy (non-hydrogen) atoms. The number of benzene rings is 6. The molecule has 2 spiro atoms. The Hall–Kier alpha value is -7.93. The molecule has 2 aromatic heterocycles. The molecule has 5 heterocycles. The van der Waals surface area contributed by atoms with Crippen LogP contribution in [0, 0.1) is 11.6 Å². The molecule has 19 heteroatoms. The molecule has 2 amide bonds. The number of halogens is 7. The number of carbonyl (C=O) groups is 4. The molecule has 8 aromatic rings. The number of carboxylic acid groups (broad SMARTS) is 1. The molecule has 0 bridgehead atoms. The number of hydrogen-bond donors (Lipinski definition) is 1. The molecule has 0 atom stereocenters. The van der Waals surface area contributed by atoms with Crippen LogP contribution >= 0.6 is 46.7 Å². The number of rotatable bonds is 11. The van der Waals surface area contributed by atoms with Crippen molar-refractivity contribution in [1.82, 2.24) is 14.9 Å². The maximum atomic E-state index is 13.7. The van der Waals surface area contributed by atoms with Gasteiger partial charge >= 0.3 is 12.1 Å². The van der Waals surface area contributed by atoms with Crippen LogP contribution in [0.4, 0.5) is 33.3 Å². The summed E-state index contributed by atoms with van der Waals surface area (Å²) in [5, 5.41) is 7.76. The van der Waals surface area contributed by atoms with Gasteiger partial charge in [0.05, 0.1) is 0 Å². The van der Waals surface area contributed by atoms with Crippen LogP contribution < -0.4 is 9.80 Å². The van der Waals surface area contributed by atoms with Gasteiger partial charge in [-0.1, -0.05) is 145 Å². The summed E-state index contributed by atoms with van der Waals surface area (Å²) in [4.78, 5) is 64.4. The van der Waals surface area contributed by atoms with Crippen LogP contribution in [0.25, 0.3) is 12.2 Å². The quantitative estimate of drug-likeness (QED) is 0.0579. The molecule has 1 aliphatic carbocycles. The number of pyridine rings is 2. The number of nitrogens with zero attached hydrogens (tertiary/aromatic N) is 5. The Morgan fingerprint density at radius 2 is 0.977 bits per heavy atom. The maximum absolute atomic E-state index is 13.7. The summed E-state index contributed by atoms with van der Waals surface area (Å²) in [6.07, 6.45) is 14.2. The number of fused-ring (bicyclic) bond motifs is 4. The van der Waals surface area contributed by atoms with Crippen molar-refractivity contribution in [2.75, 3.05) is 42.5 Å². The summed E-state index contributed by atoms with van der Waals surface area (Å²) < 4.78 is 58.5. The first-order valence-corrected chi connectivity index (χ1v) is 30.7. The predicted octanol–water partition coefficient (Wildman–Crippen LogP) is 17.2. The van der Waals surface area contributed by atoms with Crippen LogP contribution in [0.5, 0.6) is 0 Å². The van der Waals surface area contributed by atoms with Crippen LogP contribution in [0.1, 0.15) is 87.9 Å². The number of alkyl halides is 3. The van der Waals surface area contributed by atoms with Crippen molar-refractivity contribution in [1.29, 1.82) is 0 Å². The third kappa shape index (κ3) is 16.8. The van der Waals surface area contributed by atoms with E-state index in [0.29, 0.717) is 34.5 Å². The fourth-order valence-corrected chi connectivity index (χ4v) is 13.4. The van der Waals surface area contributed by atoms with Gasteiger partial charge in [-0.3, -0.25) is 19.3 Å². The van der Waals surface area contributed by atoms with E-state index < -0.39 is 12.1 Å². The fourth-order valence-electron chi connectivity index (χ4n) is 11.3. The Kier molecular flexibility index (Phi) is 21.9. The number of aromatic nitrogens is 2. The van der Waals surface area contributed by atoms with Crippen molar-refractivity contribution in [2.45, 2.75) is 81.5 Å². The number of aliphatic carboxylic acids is 1. The summed E-state index contributed by atoms with van der Waals surface area (Å²) in [6.45, 7) is 4.15. The molecule has 4 aliphatic rings. The molecule has 0 radical (unpaired) electrons. The van der Waals surface area contributed by atoms with Gasteiger partial charge < -0.3 is 14.9 Å². The molecular formula is C69H60Cl2F5N5O5S2. The van der Waals surface area contributed by atoms with E-state index in [-0.39, 0.29) is 34.3 Å². The second kappa shape index (κ2) is 29.8. The van der Waals surface area contributed by atoms with Crippen molar-refractivity contribution in [3.05, 3.63) is 250 Å². The van der Waals surface area contributed by atoms with Crippen molar-refractivity contribution in [3.8, 4) is 0 Å². The van der Waals surface area contributed by atoms with E-state index in [0.717, 1.165) is 88.1 Å². The SMILES string of the molecule is O=C(O)C(F)(F)F.O=C(c1ccnc(Cl)c1)N1CC2(CCCCC2)c2cc(Sc3ccc(F)cc3)ccc21.O=C(c1ccnc(Cl)c1)N1CC2(CCN(C/C=C/c3ccccc3)CC2)c2cc(Sc3ccc(F)cc3)ccc21.O=C/C=C/c1ccccc1. The molecule has 1 N–H and O–H groups in total. The van der Waals surface area contributed by atoms with Crippen molar-refractivity contribution >= 4 is 94.3 Å². The Morgan fingerprint density at radius 1 is 0.557 bits per heavy atom. The van der Waals surface area contributed by atoms with Crippen molar-refractivity contribution < 1.29 is 46.2 Å². The lowest BCUT2D eigenvalue weighted by Crippen LogP contribution is -2.46. The van der Waals surface area contributed by atoms with Gasteiger partial charge in [0.25, 0.3) is 11.8 Å². The summed E-state index contributed by atoms with van der Waals surface area (Å²) in [6, 6.07) is 52.6. The van der Waals surface area contributed by atoms with E-state index in [4.69, 9.17) is 33.1 Å². The summed E-state index contributed by atoms with van der Waals surface area (Å²) in [5.74, 6) is -3.33. The van der Waals surface area contributed by atoms with Crippen molar-refractivity contribution in [2.24, 2.45) is 0 Å². The summed E-state index contributed by atoms with van der Waals surface area (Å²) in [5.41, 5.74) is 7.65. The van der Waals surface area contributed by atoms with Gasteiger partial charge in [-0.25, -0.2) is 23.5 Å². The smallest absolute Gasteiger partial charge is 0.475 e. The molecule has 452 valence electrons. The second-order valence-electron chi connectivity index (χ2n) is 21.4. The number of carboxylic acids is 1. The number of likely N-dealkylation sites (tertiary alicyclic amines) is 1. The van der Waals surface area contributed by atoms with Gasteiger partial charge in [-0.05, 0) is 176 Å². The minimum Gasteiger partial charge on any atom is -0.475 e. The number of amides is 2. The summed E-state index contributed by atoms with van der Waals surface area (Å²) >= 11 is 15.4. The van der Waals surface area contributed by atoms with Gasteiger partial charge in [0.1, 0.15) is 28.2 Å². The van der Waals surface area contributed by atoms with Crippen LogP contribution in [-0.2, 0) is 20.4 Å². The molecule has 1 saturated carbocycles. The number of piperidine rings is 1. The lowest BCUT2D eigenvalue weighted by Gasteiger charge is -2.39. The Morgan fingerprint density at radius 3 is 1.40 bits per heavy atom. The lowest BCUT2D eigenvalue weighted by atomic mass is 9.71. The van der Waals surface area contributed by atoms with Gasteiger partial charge in [-0.2, -0.15) is 13.2 Å². The van der Waals surface area contributed by atoms with Gasteiger partial charge in [0.2, 0.25) is 0 Å². The summed E-state index contributed by atoms with van der Waals surface area (Å²) in [7, 11) is 0. The first kappa shape index (κ1) is 64.5. The monoisotopic (exact) mass is 1270 g/mol. The molecule has 12 rings (SSSR count). The van der Waals surface area contributed by atoms with E-state index in [1.54, 1.807) is 90.5 Å². The van der Waals surface area contributed by atoms with Crippen LogP contribution in [0.3, 0.4) is 0 Å². The van der Waals surface area contributed by atoms with Crippen LogP contribution in [0.15, 0.2) is 214 Å². The molecule has 6 aromatic carbocycles. The van der Waals surface area contributed by atoms with Gasteiger partial charge in [0.15, 0.2) is 0 Å². The van der Waals surface area contributed by atoms with Gasteiger partial charge in [0, 0.05) is 84.9 Å². The standard InChI is InChI=1S/C33H29ClFN3OS.C25H22ClFN2OS.C9H8O.C2HF3O2/c34-31-21-25(14-17-36-31)32(39)38-23-33(15-19-37(20-16-33)18-4-7-24-5-2-1-3-6-24)29-22-28(12-13-30(29)38)40-27-10-8-26(35)9-11-27;26-23-14-17(10-13-28-23)24(30)29-16-25(11-2-1-3-12-25)21-15-20(8-9-22(21)29)31-19-6-4-18(27)5-7-19;10-8-4-7-9-5-2-1-3-6-9;3-2(4,5)1(6)7/h1-14,17,21-22H,15-16,18-20,23H2;4-10,13-15H,1-3,11-12,16H2;1-8H;(H,6,7)/b7-4+;;7-4+;. The third-order valence-electron chi connectivity index (χ3n) is 15.6. The lowest BCUT2D eigenvalue weighted by molar-refractivity contribution is -0.192. The number of aldehydes is 1. The largest absolute Gasteiger partial charge is 0.490 e. The van der Waals surface area contributed by atoms with Crippen LogP contribution in [-0.4, -0.2) is 82.9 Å².